The second-order valence-corrected chi connectivity index (χ2v) is 5.24. The standard InChI is InChI=1S/C13H12BrNO/c1-15-11-6-5-8(14)7-10(11)9-3-2-4-12(16)13(9)15/h5-7H,2-4H2,1H3. The maximum Gasteiger partial charge on any atom is 0.179 e. The Labute approximate surface area is 102 Å². The average molecular weight is 278 g/mol. The highest BCUT2D eigenvalue weighted by atomic mass is 79.9. The number of ketones is 1. The predicted molar refractivity (Wildman–Crippen MR) is 67.9 cm³/mol. The number of hydrogen-bond donors (Lipinski definition) is 0. The number of Topliss-reactive ketones (excluding diaryl/α,β-unsaturated/α-hetero) is 1. The minimum atomic E-state index is 0.288. The molecular weight excluding hydrogens is 266 g/mol. The van der Waals surface area contributed by atoms with Gasteiger partial charge in [0.25, 0.3) is 0 Å². The highest BCUT2D eigenvalue weighted by molar-refractivity contribution is 9.10. The lowest BCUT2D eigenvalue weighted by Gasteiger charge is -2.11. The molecule has 1 aromatic carbocycles. The van der Waals surface area contributed by atoms with Gasteiger partial charge in [-0.1, -0.05) is 15.9 Å². The van der Waals surface area contributed by atoms with E-state index in [0.29, 0.717) is 6.42 Å². The summed E-state index contributed by atoms with van der Waals surface area (Å²) in [5, 5.41) is 1.22. The molecule has 0 bridgehead atoms. The Morgan fingerprint density at radius 3 is 2.94 bits per heavy atom. The SMILES string of the molecule is Cn1c2c(c3cc(Br)ccc31)CCCC2=O. The van der Waals surface area contributed by atoms with Gasteiger partial charge in [-0.25, -0.2) is 0 Å². The monoisotopic (exact) mass is 277 g/mol. The van der Waals surface area contributed by atoms with Crippen LogP contribution in [0, 0.1) is 0 Å². The van der Waals surface area contributed by atoms with Crippen LogP contribution < -0.4 is 0 Å². The van der Waals surface area contributed by atoms with Crippen molar-refractivity contribution in [1.29, 1.82) is 0 Å². The number of rotatable bonds is 0. The first-order valence-electron chi connectivity index (χ1n) is 5.48. The summed E-state index contributed by atoms with van der Waals surface area (Å²) < 4.78 is 3.12. The number of halogens is 1. The van der Waals surface area contributed by atoms with Gasteiger partial charge in [-0.05, 0) is 36.6 Å². The smallest absolute Gasteiger partial charge is 0.179 e. The van der Waals surface area contributed by atoms with Gasteiger partial charge >= 0.3 is 0 Å². The fraction of sp³-hybridized carbons (Fsp3) is 0.308. The predicted octanol–water partition coefficient (Wildman–Crippen LogP) is 3.46. The van der Waals surface area contributed by atoms with Crippen LogP contribution in [0.1, 0.15) is 28.9 Å². The number of carbonyl (C=O) groups excluding carboxylic acids is 1. The van der Waals surface area contributed by atoms with E-state index in [1.807, 2.05) is 17.7 Å². The summed E-state index contributed by atoms with van der Waals surface area (Å²) in [5.41, 5.74) is 3.30. The molecule has 3 rings (SSSR count). The van der Waals surface area contributed by atoms with Crippen LogP contribution in [-0.4, -0.2) is 10.4 Å². The summed E-state index contributed by atoms with van der Waals surface area (Å²) in [5.74, 6) is 0.288. The van der Waals surface area contributed by atoms with Crippen molar-refractivity contribution in [2.45, 2.75) is 19.3 Å². The van der Waals surface area contributed by atoms with Crippen LogP contribution in [0.4, 0.5) is 0 Å². The van der Waals surface area contributed by atoms with E-state index in [0.717, 1.165) is 28.5 Å². The summed E-state index contributed by atoms with van der Waals surface area (Å²) in [6.45, 7) is 0. The molecule has 0 saturated carbocycles. The second kappa shape index (κ2) is 3.45. The molecule has 0 unspecified atom stereocenters. The van der Waals surface area contributed by atoms with Crippen molar-refractivity contribution in [2.24, 2.45) is 7.05 Å². The maximum atomic E-state index is 11.9. The first-order valence-corrected chi connectivity index (χ1v) is 6.28. The Morgan fingerprint density at radius 1 is 1.31 bits per heavy atom. The highest BCUT2D eigenvalue weighted by Crippen LogP contribution is 2.32. The molecular formula is C13H12BrNO. The first kappa shape index (κ1) is 10.1. The first-order chi connectivity index (χ1) is 7.68. The molecule has 1 aliphatic carbocycles. The number of nitrogens with zero attached hydrogens (tertiary/aromatic N) is 1. The number of fused-ring (bicyclic) bond motifs is 3. The Kier molecular flexibility index (Phi) is 2.18. The van der Waals surface area contributed by atoms with Crippen LogP contribution in [0.3, 0.4) is 0 Å². The van der Waals surface area contributed by atoms with Crippen LogP contribution in [0.2, 0.25) is 0 Å². The van der Waals surface area contributed by atoms with Crippen molar-refractivity contribution in [1.82, 2.24) is 4.57 Å². The van der Waals surface area contributed by atoms with Crippen molar-refractivity contribution < 1.29 is 4.79 Å². The third-order valence-corrected chi connectivity index (χ3v) is 3.85. The zero-order chi connectivity index (χ0) is 11.3. The van der Waals surface area contributed by atoms with Gasteiger partial charge in [0.2, 0.25) is 0 Å². The fourth-order valence-electron chi connectivity index (χ4n) is 2.65. The third kappa shape index (κ3) is 1.27. The molecule has 1 heterocycles. The minimum Gasteiger partial charge on any atom is -0.341 e. The van der Waals surface area contributed by atoms with Gasteiger partial charge in [0, 0.05) is 28.8 Å². The minimum absolute atomic E-state index is 0.288. The topological polar surface area (TPSA) is 22.0 Å². The molecule has 0 saturated heterocycles. The Morgan fingerprint density at radius 2 is 2.12 bits per heavy atom. The summed E-state index contributed by atoms with van der Waals surface area (Å²) in [6.07, 6.45) is 2.70. The summed E-state index contributed by atoms with van der Waals surface area (Å²) in [6, 6.07) is 6.22. The van der Waals surface area contributed by atoms with E-state index in [2.05, 4.69) is 28.1 Å². The summed E-state index contributed by atoms with van der Waals surface area (Å²) in [7, 11) is 1.98. The molecule has 0 amide bonds. The van der Waals surface area contributed by atoms with Crippen LogP contribution in [0.25, 0.3) is 10.9 Å². The summed E-state index contributed by atoms with van der Waals surface area (Å²) in [4.78, 5) is 11.9. The Balaban J connectivity index is 2.44. The number of benzene rings is 1. The van der Waals surface area contributed by atoms with Gasteiger partial charge in [0.1, 0.15) is 0 Å². The lowest BCUT2D eigenvalue weighted by atomic mass is 9.95. The lowest BCUT2D eigenvalue weighted by Crippen LogP contribution is -2.13. The van der Waals surface area contributed by atoms with Gasteiger partial charge in [0.15, 0.2) is 5.78 Å². The highest BCUT2D eigenvalue weighted by Gasteiger charge is 2.24. The number of aromatic nitrogens is 1. The van der Waals surface area contributed by atoms with Gasteiger partial charge in [-0.15, -0.1) is 0 Å². The molecule has 0 atom stereocenters. The lowest BCUT2D eigenvalue weighted by molar-refractivity contribution is 0.0965. The zero-order valence-corrected chi connectivity index (χ0v) is 10.7. The average Bonchev–Trinajstić information content (AvgIpc) is 2.54. The molecule has 0 radical (unpaired) electrons. The Bertz CT molecular complexity index is 597. The van der Waals surface area contributed by atoms with Crippen LogP contribution in [0.15, 0.2) is 22.7 Å². The summed E-state index contributed by atoms with van der Waals surface area (Å²) >= 11 is 3.49. The van der Waals surface area contributed by atoms with Crippen LogP contribution in [0.5, 0.6) is 0 Å². The second-order valence-electron chi connectivity index (χ2n) is 4.32. The molecule has 0 spiro atoms. The van der Waals surface area contributed by atoms with E-state index < -0.39 is 0 Å². The van der Waals surface area contributed by atoms with Crippen molar-refractivity contribution in [3.8, 4) is 0 Å². The molecule has 16 heavy (non-hydrogen) atoms. The molecule has 1 aliphatic rings. The molecule has 0 fully saturated rings. The number of aryl methyl sites for hydroxylation is 2. The largest absolute Gasteiger partial charge is 0.341 e. The van der Waals surface area contributed by atoms with E-state index in [4.69, 9.17) is 0 Å². The van der Waals surface area contributed by atoms with Gasteiger partial charge < -0.3 is 4.57 Å². The van der Waals surface area contributed by atoms with Crippen LogP contribution in [-0.2, 0) is 13.5 Å². The third-order valence-electron chi connectivity index (χ3n) is 3.36. The maximum absolute atomic E-state index is 11.9. The van der Waals surface area contributed by atoms with E-state index >= 15 is 0 Å². The van der Waals surface area contributed by atoms with Crippen molar-refractivity contribution >= 4 is 32.6 Å². The van der Waals surface area contributed by atoms with E-state index in [1.54, 1.807) is 0 Å². The van der Waals surface area contributed by atoms with E-state index in [-0.39, 0.29) is 5.78 Å². The molecule has 3 heteroatoms. The molecule has 1 aromatic heterocycles. The number of hydrogen-bond acceptors (Lipinski definition) is 1. The van der Waals surface area contributed by atoms with Crippen molar-refractivity contribution in [2.75, 3.05) is 0 Å². The fourth-order valence-corrected chi connectivity index (χ4v) is 3.01. The zero-order valence-electron chi connectivity index (χ0n) is 9.09. The van der Waals surface area contributed by atoms with Crippen LogP contribution >= 0.6 is 15.9 Å². The quantitative estimate of drug-likeness (QED) is 0.723. The van der Waals surface area contributed by atoms with Crippen molar-refractivity contribution in [3.63, 3.8) is 0 Å². The molecule has 0 N–H and O–H groups in total. The molecule has 0 aliphatic heterocycles. The Hall–Kier alpha value is -1.09. The van der Waals surface area contributed by atoms with E-state index in [1.165, 1.54) is 10.9 Å². The molecule has 2 aromatic rings. The molecule has 82 valence electrons. The van der Waals surface area contributed by atoms with Crippen molar-refractivity contribution in [3.05, 3.63) is 33.9 Å². The van der Waals surface area contributed by atoms with Gasteiger partial charge in [0.05, 0.1) is 5.69 Å². The van der Waals surface area contributed by atoms with Gasteiger partial charge in [-0.2, -0.15) is 0 Å². The normalized spacial score (nSPS) is 15.5. The van der Waals surface area contributed by atoms with E-state index in [9.17, 15) is 4.79 Å². The molecule has 2 nitrogen and oxygen atoms in total. The van der Waals surface area contributed by atoms with Gasteiger partial charge in [-0.3, -0.25) is 4.79 Å². The number of carbonyl (C=O) groups is 1.